The van der Waals surface area contributed by atoms with Crippen LogP contribution >= 0.6 is 0 Å². The van der Waals surface area contributed by atoms with E-state index in [2.05, 4.69) is 33.3 Å². The van der Waals surface area contributed by atoms with Crippen LogP contribution in [0.4, 0.5) is 0 Å². The summed E-state index contributed by atoms with van der Waals surface area (Å²) in [5.41, 5.74) is 5.20. The molecule has 0 aliphatic carbocycles. The first-order valence-corrected chi connectivity index (χ1v) is 10.5. The second-order valence-corrected chi connectivity index (χ2v) is 7.94. The number of benzene rings is 2. The quantitative estimate of drug-likeness (QED) is 0.490. The molecule has 3 aromatic heterocycles. The molecule has 2 aromatic carbocycles. The second-order valence-electron chi connectivity index (χ2n) is 7.94. The normalized spacial score (nSPS) is 16.0. The number of nitrogens with zero attached hydrogens (tertiary/aromatic N) is 4. The van der Waals surface area contributed by atoms with Crippen molar-refractivity contribution in [1.29, 1.82) is 0 Å². The van der Waals surface area contributed by atoms with Crippen LogP contribution in [0, 0.1) is 0 Å². The Morgan fingerprint density at radius 3 is 2.74 bits per heavy atom. The summed E-state index contributed by atoms with van der Waals surface area (Å²) in [7, 11) is 0. The van der Waals surface area contributed by atoms with Crippen molar-refractivity contribution in [2.24, 2.45) is 0 Å². The number of carbonyl (C=O) groups is 1. The summed E-state index contributed by atoms with van der Waals surface area (Å²) >= 11 is 0. The molecule has 152 valence electrons. The van der Waals surface area contributed by atoms with E-state index < -0.39 is 0 Å². The molecule has 31 heavy (non-hydrogen) atoms. The van der Waals surface area contributed by atoms with E-state index in [4.69, 9.17) is 0 Å². The lowest BCUT2D eigenvalue weighted by atomic mass is 9.95. The summed E-state index contributed by atoms with van der Waals surface area (Å²) in [6.45, 7) is 0.850. The molecular weight excluding hydrogens is 386 g/mol. The lowest BCUT2D eigenvalue weighted by Crippen LogP contribution is -2.42. The maximum Gasteiger partial charge on any atom is 0.245 e. The Labute approximate surface area is 179 Å². The van der Waals surface area contributed by atoms with Crippen molar-refractivity contribution >= 4 is 27.7 Å². The van der Waals surface area contributed by atoms with Crippen LogP contribution in [0.15, 0.2) is 79.1 Å². The predicted octanol–water partition coefficient (Wildman–Crippen LogP) is 4.09. The number of pyridine rings is 1. The van der Waals surface area contributed by atoms with Gasteiger partial charge in [0, 0.05) is 40.9 Å². The van der Waals surface area contributed by atoms with Gasteiger partial charge in [-0.2, -0.15) is 5.10 Å². The van der Waals surface area contributed by atoms with Crippen molar-refractivity contribution in [1.82, 2.24) is 24.6 Å². The summed E-state index contributed by atoms with van der Waals surface area (Å²) in [4.78, 5) is 23.6. The Hall–Kier alpha value is -3.93. The van der Waals surface area contributed by atoms with Gasteiger partial charge in [0.1, 0.15) is 12.6 Å². The molecule has 6 heteroatoms. The van der Waals surface area contributed by atoms with Gasteiger partial charge in [0.05, 0.1) is 11.2 Å². The van der Waals surface area contributed by atoms with Crippen LogP contribution < -0.4 is 0 Å². The summed E-state index contributed by atoms with van der Waals surface area (Å²) in [5.74, 6) is 0.0350. The van der Waals surface area contributed by atoms with Gasteiger partial charge in [-0.15, -0.1) is 0 Å². The highest BCUT2D eigenvalue weighted by molar-refractivity contribution is 5.86. The first-order valence-electron chi connectivity index (χ1n) is 10.5. The van der Waals surface area contributed by atoms with Crippen LogP contribution in [-0.2, 0) is 17.8 Å². The van der Waals surface area contributed by atoms with Gasteiger partial charge >= 0.3 is 0 Å². The lowest BCUT2D eigenvalue weighted by Gasteiger charge is -2.35. The number of hydrogen-bond acceptors (Lipinski definition) is 3. The van der Waals surface area contributed by atoms with Gasteiger partial charge < -0.3 is 9.88 Å². The van der Waals surface area contributed by atoms with E-state index in [1.807, 2.05) is 59.6 Å². The van der Waals surface area contributed by atoms with Gasteiger partial charge in [0.25, 0.3) is 0 Å². The van der Waals surface area contributed by atoms with E-state index in [1.165, 1.54) is 10.9 Å². The average Bonchev–Trinajstić information content (AvgIpc) is 3.39. The van der Waals surface area contributed by atoms with E-state index in [9.17, 15) is 4.79 Å². The van der Waals surface area contributed by atoms with E-state index in [1.54, 1.807) is 10.9 Å². The lowest BCUT2D eigenvalue weighted by molar-refractivity contribution is -0.134. The van der Waals surface area contributed by atoms with Gasteiger partial charge in [0.15, 0.2) is 0 Å². The SMILES string of the molecule is O=C(Cn1cc2ccccc2n1)N1CCc2c([nH]c3ccccc23)C1c1ccccn1. The highest BCUT2D eigenvalue weighted by Crippen LogP contribution is 2.37. The third kappa shape index (κ3) is 2.99. The summed E-state index contributed by atoms with van der Waals surface area (Å²) in [6, 6.07) is 21.9. The number of rotatable bonds is 3. The van der Waals surface area contributed by atoms with Crippen molar-refractivity contribution in [3.63, 3.8) is 0 Å². The molecule has 6 nitrogen and oxygen atoms in total. The number of H-pyrrole nitrogens is 1. The summed E-state index contributed by atoms with van der Waals surface area (Å²) in [6.07, 6.45) is 4.53. The minimum atomic E-state index is -0.241. The molecule has 1 amide bonds. The number of fused-ring (bicyclic) bond motifs is 4. The van der Waals surface area contributed by atoms with E-state index in [-0.39, 0.29) is 18.5 Å². The molecule has 1 atom stereocenters. The van der Waals surface area contributed by atoms with Gasteiger partial charge in [-0.25, -0.2) is 0 Å². The monoisotopic (exact) mass is 407 g/mol. The first-order chi connectivity index (χ1) is 15.3. The Balaban J connectivity index is 1.40. The molecule has 1 unspecified atom stereocenters. The van der Waals surface area contributed by atoms with Crippen LogP contribution in [0.5, 0.6) is 0 Å². The molecule has 6 rings (SSSR count). The van der Waals surface area contributed by atoms with Crippen molar-refractivity contribution in [3.8, 4) is 0 Å². The Kier molecular flexibility index (Phi) is 4.09. The molecule has 5 aromatic rings. The predicted molar refractivity (Wildman–Crippen MR) is 120 cm³/mol. The molecule has 1 aliphatic heterocycles. The first kappa shape index (κ1) is 17.9. The molecule has 1 N–H and O–H groups in total. The molecule has 0 saturated carbocycles. The smallest absolute Gasteiger partial charge is 0.245 e. The van der Waals surface area contributed by atoms with E-state index >= 15 is 0 Å². The number of hydrogen-bond donors (Lipinski definition) is 1. The van der Waals surface area contributed by atoms with E-state index in [0.29, 0.717) is 6.54 Å². The van der Waals surface area contributed by atoms with Gasteiger partial charge in [0.2, 0.25) is 5.91 Å². The Bertz CT molecular complexity index is 1370. The van der Waals surface area contributed by atoms with E-state index in [0.717, 1.165) is 34.2 Å². The van der Waals surface area contributed by atoms with Gasteiger partial charge in [-0.05, 0) is 36.2 Å². The number of carbonyl (C=O) groups excluding carboxylic acids is 1. The fourth-order valence-electron chi connectivity index (χ4n) is 4.68. The minimum Gasteiger partial charge on any atom is -0.356 e. The van der Waals surface area contributed by atoms with Crippen LogP contribution in [0.25, 0.3) is 21.8 Å². The Morgan fingerprint density at radius 2 is 1.87 bits per heavy atom. The number of amides is 1. The van der Waals surface area contributed by atoms with Crippen molar-refractivity contribution in [2.75, 3.05) is 6.54 Å². The van der Waals surface area contributed by atoms with Crippen molar-refractivity contribution in [3.05, 3.63) is 96.1 Å². The van der Waals surface area contributed by atoms with Crippen LogP contribution in [0.3, 0.4) is 0 Å². The third-order valence-electron chi connectivity index (χ3n) is 6.08. The van der Waals surface area contributed by atoms with Gasteiger partial charge in [-0.1, -0.05) is 42.5 Å². The highest BCUT2D eigenvalue weighted by atomic mass is 16.2. The largest absolute Gasteiger partial charge is 0.356 e. The third-order valence-corrected chi connectivity index (χ3v) is 6.08. The number of aromatic amines is 1. The zero-order valence-corrected chi connectivity index (χ0v) is 16.9. The molecule has 1 aliphatic rings. The topological polar surface area (TPSA) is 66.8 Å². The fourth-order valence-corrected chi connectivity index (χ4v) is 4.68. The molecule has 4 heterocycles. The van der Waals surface area contributed by atoms with Crippen molar-refractivity contribution < 1.29 is 4.79 Å². The number of aromatic nitrogens is 4. The average molecular weight is 407 g/mol. The zero-order valence-electron chi connectivity index (χ0n) is 16.9. The highest BCUT2D eigenvalue weighted by Gasteiger charge is 2.35. The summed E-state index contributed by atoms with van der Waals surface area (Å²) in [5, 5.41) is 6.83. The molecule has 0 bridgehead atoms. The molecule has 0 radical (unpaired) electrons. The molecule has 0 fully saturated rings. The van der Waals surface area contributed by atoms with Crippen LogP contribution in [-0.4, -0.2) is 37.1 Å². The fraction of sp³-hybridized carbons (Fsp3) is 0.160. The molecule has 0 spiro atoms. The maximum atomic E-state index is 13.5. The molecule has 0 saturated heterocycles. The summed E-state index contributed by atoms with van der Waals surface area (Å²) < 4.78 is 1.74. The number of para-hydroxylation sites is 1. The zero-order chi connectivity index (χ0) is 20.8. The van der Waals surface area contributed by atoms with Crippen molar-refractivity contribution in [2.45, 2.75) is 19.0 Å². The van der Waals surface area contributed by atoms with Crippen LogP contribution in [0.2, 0.25) is 0 Å². The maximum absolute atomic E-state index is 13.5. The second kappa shape index (κ2) is 7.09. The van der Waals surface area contributed by atoms with Gasteiger partial charge in [-0.3, -0.25) is 14.5 Å². The Morgan fingerprint density at radius 1 is 1.03 bits per heavy atom. The molecular formula is C25H21N5O. The standard InChI is InChI=1S/C25H21N5O/c31-23(16-29-15-17-7-1-3-9-20(17)28-29)30-14-12-19-18-8-2-4-10-21(18)27-24(19)25(30)22-11-5-6-13-26-22/h1-11,13,15,25,27H,12,14,16H2. The minimum absolute atomic E-state index is 0.0350. The van der Waals surface area contributed by atoms with Crippen LogP contribution in [0.1, 0.15) is 23.0 Å². The number of nitrogens with one attached hydrogen (secondary N) is 1.